The van der Waals surface area contributed by atoms with Crippen LogP contribution in [0.2, 0.25) is 0 Å². The van der Waals surface area contributed by atoms with Gasteiger partial charge in [0.2, 0.25) is 15.9 Å². The van der Waals surface area contributed by atoms with Gasteiger partial charge >= 0.3 is 5.97 Å². The third-order valence-corrected chi connectivity index (χ3v) is 6.41. The summed E-state index contributed by atoms with van der Waals surface area (Å²) in [7, 11) is -3.58. The number of carbonyl (C=O) groups is 3. The first kappa shape index (κ1) is 22.8. The number of benzene rings is 1. The van der Waals surface area contributed by atoms with Crippen LogP contribution < -0.4 is 10.6 Å². The third kappa shape index (κ3) is 6.26. The zero-order valence-electron chi connectivity index (χ0n) is 16.6. The minimum Gasteiger partial charge on any atom is -0.452 e. The number of sulfonamides is 1. The van der Waals surface area contributed by atoms with Crippen LogP contribution in [-0.2, 0) is 24.3 Å². The molecule has 1 saturated heterocycles. The first-order valence-electron chi connectivity index (χ1n) is 9.60. The van der Waals surface area contributed by atoms with Crippen LogP contribution in [0.5, 0.6) is 0 Å². The number of rotatable bonds is 8. The molecule has 0 saturated carbocycles. The maximum Gasteiger partial charge on any atom is 0.338 e. The zero-order valence-corrected chi connectivity index (χ0v) is 17.5. The normalized spacial score (nSPS) is 15.9. The monoisotopic (exact) mass is 425 g/mol. The van der Waals surface area contributed by atoms with Crippen molar-refractivity contribution in [2.75, 3.05) is 26.2 Å². The Labute approximate surface area is 170 Å². The lowest BCUT2D eigenvalue weighted by Crippen LogP contribution is -2.46. The van der Waals surface area contributed by atoms with Crippen molar-refractivity contribution in [2.45, 2.75) is 44.0 Å². The quantitative estimate of drug-likeness (QED) is 0.590. The van der Waals surface area contributed by atoms with Crippen molar-refractivity contribution in [3.8, 4) is 0 Å². The lowest BCUT2D eigenvalue weighted by molar-refractivity contribution is -0.130. The third-order valence-electron chi connectivity index (χ3n) is 4.50. The molecule has 160 valence electrons. The highest BCUT2D eigenvalue weighted by Crippen LogP contribution is 2.21. The van der Waals surface area contributed by atoms with Crippen LogP contribution in [0, 0.1) is 0 Å². The number of esters is 1. The molecule has 2 rings (SSSR count). The van der Waals surface area contributed by atoms with Gasteiger partial charge in [0.25, 0.3) is 5.91 Å². The molecule has 9 nitrogen and oxygen atoms in total. The number of ether oxygens (including phenoxy) is 1. The largest absolute Gasteiger partial charge is 0.452 e. The van der Waals surface area contributed by atoms with E-state index in [9.17, 15) is 22.8 Å². The van der Waals surface area contributed by atoms with Crippen molar-refractivity contribution in [3.63, 3.8) is 0 Å². The second-order valence-electron chi connectivity index (χ2n) is 6.75. The van der Waals surface area contributed by atoms with E-state index in [1.165, 1.54) is 35.5 Å². The Kier molecular flexibility index (Phi) is 8.15. The molecule has 0 bridgehead atoms. The lowest BCUT2D eigenvalue weighted by Gasteiger charge is -2.25. The van der Waals surface area contributed by atoms with E-state index >= 15 is 0 Å². The molecule has 0 aromatic heterocycles. The summed E-state index contributed by atoms with van der Waals surface area (Å²) in [6.45, 7) is 4.17. The van der Waals surface area contributed by atoms with E-state index in [-0.39, 0.29) is 16.4 Å². The summed E-state index contributed by atoms with van der Waals surface area (Å²) >= 11 is 0. The van der Waals surface area contributed by atoms with Crippen molar-refractivity contribution < 1.29 is 27.5 Å². The molecule has 1 aliphatic rings. The molecule has 0 aliphatic carbocycles. The Morgan fingerprint density at radius 2 is 1.72 bits per heavy atom. The average molecular weight is 426 g/mol. The molecule has 0 radical (unpaired) electrons. The highest BCUT2D eigenvalue weighted by molar-refractivity contribution is 7.89. The van der Waals surface area contributed by atoms with Crippen LogP contribution in [0.25, 0.3) is 0 Å². The minimum atomic E-state index is -3.58. The number of carbonyl (C=O) groups excluding carboxylic acids is 3. The van der Waals surface area contributed by atoms with E-state index < -0.39 is 34.5 Å². The van der Waals surface area contributed by atoms with Gasteiger partial charge in [-0.2, -0.15) is 4.31 Å². The molecular weight excluding hydrogens is 398 g/mol. The molecule has 10 heteroatoms. The summed E-state index contributed by atoms with van der Waals surface area (Å²) in [4.78, 5) is 35.6. The van der Waals surface area contributed by atoms with Crippen LogP contribution in [-0.4, -0.2) is 62.8 Å². The highest BCUT2D eigenvalue weighted by Gasteiger charge is 2.26. The summed E-state index contributed by atoms with van der Waals surface area (Å²) in [6, 6.07) is 4.68. The number of nitrogens with zero attached hydrogens (tertiary/aromatic N) is 1. The van der Waals surface area contributed by atoms with Crippen molar-refractivity contribution in [2.24, 2.45) is 0 Å². The van der Waals surface area contributed by atoms with Gasteiger partial charge in [-0.15, -0.1) is 0 Å². The van der Waals surface area contributed by atoms with Crippen molar-refractivity contribution >= 4 is 27.8 Å². The Bertz CT molecular complexity index is 832. The number of hydrogen-bond donors (Lipinski definition) is 2. The lowest BCUT2D eigenvalue weighted by atomic mass is 10.2. The Balaban J connectivity index is 1.90. The van der Waals surface area contributed by atoms with E-state index in [0.717, 1.165) is 19.3 Å². The van der Waals surface area contributed by atoms with Gasteiger partial charge in [-0.05, 0) is 51.0 Å². The summed E-state index contributed by atoms with van der Waals surface area (Å²) in [6.07, 6.45) is 2.70. The number of amides is 2. The van der Waals surface area contributed by atoms with E-state index in [0.29, 0.717) is 19.6 Å². The second kappa shape index (κ2) is 10.4. The number of hydrogen-bond acceptors (Lipinski definition) is 6. The first-order valence-corrected chi connectivity index (χ1v) is 11.0. The molecule has 1 aromatic rings. The van der Waals surface area contributed by atoms with Gasteiger partial charge < -0.3 is 15.4 Å². The fraction of sp³-hybridized carbons (Fsp3) is 0.526. The highest BCUT2D eigenvalue weighted by atomic mass is 32.2. The van der Waals surface area contributed by atoms with Gasteiger partial charge in [0, 0.05) is 19.6 Å². The van der Waals surface area contributed by atoms with E-state index in [1.807, 2.05) is 0 Å². The predicted octanol–water partition coefficient (Wildman–Crippen LogP) is 0.659. The van der Waals surface area contributed by atoms with Crippen LogP contribution in [0.3, 0.4) is 0 Å². The van der Waals surface area contributed by atoms with Crippen LogP contribution in [0.15, 0.2) is 29.2 Å². The molecular formula is C19H27N3O6S. The fourth-order valence-corrected chi connectivity index (χ4v) is 4.42. The Morgan fingerprint density at radius 3 is 2.31 bits per heavy atom. The number of piperidine rings is 1. The van der Waals surface area contributed by atoms with E-state index in [2.05, 4.69) is 10.6 Å². The topological polar surface area (TPSA) is 122 Å². The Hall–Kier alpha value is -2.46. The van der Waals surface area contributed by atoms with Crippen LogP contribution in [0.4, 0.5) is 0 Å². The summed E-state index contributed by atoms with van der Waals surface area (Å²) in [5.74, 6) is -1.70. The maximum atomic E-state index is 12.6. The van der Waals surface area contributed by atoms with Crippen molar-refractivity contribution in [1.29, 1.82) is 0 Å². The fourth-order valence-electron chi connectivity index (χ4n) is 2.91. The van der Waals surface area contributed by atoms with Gasteiger partial charge in [-0.1, -0.05) is 6.42 Å². The summed E-state index contributed by atoms with van der Waals surface area (Å²) in [5.41, 5.74) is 0.132. The average Bonchev–Trinajstić information content (AvgIpc) is 2.72. The van der Waals surface area contributed by atoms with Crippen LogP contribution >= 0.6 is 0 Å². The second-order valence-corrected chi connectivity index (χ2v) is 8.69. The van der Waals surface area contributed by atoms with Gasteiger partial charge in [0.05, 0.1) is 10.5 Å². The molecule has 1 aliphatic heterocycles. The molecule has 0 spiro atoms. The molecule has 1 atom stereocenters. The smallest absolute Gasteiger partial charge is 0.338 e. The summed E-state index contributed by atoms with van der Waals surface area (Å²) < 4.78 is 31.6. The molecule has 0 unspecified atom stereocenters. The van der Waals surface area contributed by atoms with Gasteiger partial charge in [-0.3, -0.25) is 9.59 Å². The predicted molar refractivity (Wildman–Crippen MR) is 106 cm³/mol. The van der Waals surface area contributed by atoms with E-state index in [1.54, 1.807) is 6.92 Å². The van der Waals surface area contributed by atoms with E-state index in [4.69, 9.17) is 4.74 Å². The maximum absolute atomic E-state index is 12.6. The zero-order chi connectivity index (χ0) is 21.4. The SMILES string of the molecule is CCNC(=O)[C@@H](C)NC(=O)COC(=O)c1ccc(S(=O)(=O)N2CCCCC2)cc1. The molecule has 29 heavy (non-hydrogen) atoms. The Morgan fingerprint density at radius 1 is 1.10 bits per heavy atom. The minimum absolute atomic E-state index is 0.115. The molecule has 2 amide bonds. The van der Waals surface area contributed by atoms with Crippen molar-refractivity contribution in [3.05, 3.63) is 29.8 Å². The first-order chi connectivity index (χ1) is 13.8. The molecule has 1 heterocycles. The summed E-state index contributed by atoms with van der Waals surface area (Å²) in [5, 5.41) is 4.99. The number of likely N-dealkylation sites (N-methyl/N-ethyl adjacent to an activating group) is 1. The van der Waals surface area contributed by atoms with Gasteiger partial charge in [0.1, 0.15) is 6.04 Å². The van der Waals surface area contributed by atoms with Crippen LogP contribution in [0.1, 0.15) is 43.5 Å². The standard InChI is InChI=1S/C19H27N3O6S/c1-3-20-18(24)14(2)21-17(23)13-28-19(25)15-7-9-16(10-8-15)29(26,27)22-11-5-4-6-12-22/h7-10,14H,3-6,11-13H2,1-2H3,(H,20,24)(H,21,23)/t14-/m1/s1. The van der Waals surface area contributed by atoms with Gasteiger partial charge in [0.15, 0.2) is 6.61 Å². The van der Waals surface area contributed by atoms with Crippen molar-refractivity contribution in [1.82, 2.24) is 14.9 Å². The van der Waals surface area contributed by atoms with Gasteiger partial charge in [-0.25, -0.2) is 13.2 Å². The number of nitrogens with one attached hydrogen (secondary N) is 2. The molecule has 2 N–H and O–H groups in total. The molecule has 1 fully saturated rings. The molecule has 1 aromatic carbocycles.